The minimum atomic E-state index is -0.850. The molecule has 4 nitrogen and oxygen atoms in total. The summed E-state index contributed by atoms with van der Waals surface area (Å²) in [6, 6.07) is 0. The lowest BCUT2D eigenvalue weighted by atomic mass is 10.0. The number of carbonyl (C=O) groups excluding carboxylic acids is 1. The first-order chi connectivity index (χ1) is 13.1. The Hall–Kier alpha value is -1.06. The molecule has 0 heterocycles. The molecule has 27 heavy (non-hydrogen) atoms. The summed E-state index contributed by atoms with van der Waals surface area (Å²) >= 11 is 0. The van der Waals surface area contributed by atoms with Crippen LogP contribution in [0.1, 0.15) is 122 Å². The predicted octanol–water partition coefficient (Wildman–Crippen LogP) is 6.57. The van der Waals surface area contributed by atoms with Gasteiger partial charge in [-0.3, -0.25) is 9.59 Å². The van der Waals surface area contributed by atoms with Crippen LogP contribution in [0.3, 0.4) is 0 Å². The van der Waals surface area contributed by atoms with Crippen molar-refractivity contribution in [3.63, 3.8) is 0 Å². The number of hydrogen-bond donors (Lipinski definition) is 1. The van der Waals surface area contributed by atoms with E-state index < -0.39 is 5.97 Å². The molecule has 160 valence electrons. The molecule has 0 saturated carbocycles. The van der Waals surface area contributed by atoms with Gasteiger partial charge in [0.2, 0.25) is 5.91 Å². The standard InChI is InChI=1S/C23H45NO3/c1-3-4-5-6-7-8-9-10-11-12-13-14-15-16-17-18-19-22(25)24(2)21-20-23(26)27/h3-21H2,1-2H3,(H,26,27). The van der Waals surface area contributed by atoms with Crippen LogP contribution in [-0.4, -0.2) is 35.5 Å². The van der Waals surface area contributed by atoms with Crippen LogP contribution in [0, 0.1) is 0 Å². The predicted molar refractivity (Wildman–Crippen MR) is 114 cm³/mol. The molecule has 0 fully saturated rings. The molecule has 0 aromatic carbocycles. The SMILES string of the molecule is CCCCCCCCCCCCCCCCCCC(=O)N(C)CCC(=O)O. The number of rotatable bonds is 20. The Morgan fingerprint density at radius 1 is 0.630 bits per heavy atom. The molecular weight excluding hydrogens is 338 g/mol. The van der Waals surface area contributed by atoms with Gasteiger partial charge in [0.15, 0.2) is 0 Å². The lowest BCUT2D eigenvalue weighted by Gasteiger charge is -2.15. The van der Waals surface area contributed by atoms with E-state index in [2.05, 4.69) is 6.92 Å². The van der Waals surface area contributed by atoms with Crippen LogP contribution in [0.4, 0.5) is 0 Å². The second-order valence-electron chi connectivity index (χ2n) is 8.01. The first kappa shape index (κ1) is 25.9. The molecule has 0 saturated heterocycles. The number of carboxylic acids is 1. The van der Waals surface area contributed by atoms with Crippen molar-refractivity contribution in [3.8, 4) is 0 Å². The third-order valence-corrected chi connectivity index (χ3v) is 5.33. The Morgan fingerprint density at radius 2 is 1.00 bits per heavy atom. The Morgan fingerprint density at radius 3 is 1.37 bits per heavy atom. The first-order valence-corrected chi connectivity index (χ1v) is 11.5. The number of hydrogen-bond acceptors (Lipinski definition) is 2. The maximum atomic E-state index is 11.8. The molecule has 4 heteroatoms. The van der Waals surface area contributed by atoms with Crippen molar-refractivity contribution in [2.75, 3.05) is 13.6 Å². The lowest BCUT2D eigenvalue weighted by Crippen LogP contribution is -2.28. The van der Waals surface area contributed by atoms with Gasteiger partial charge < -0.3 is 10.0 Å². The molecule has 0 aromatic heterocycles. The van der Waals surface area contributed by atoms with Gasteiger partial charge in [0.25, 0.3) is 0 Å². The van der Waals surface area contributed by atoms with E-state index in [4.69, 9.17) is 5.11 Å². The summed E-state index contributed by atoms with van der Waals surface area (Å²) in [4.78, 5) is 23.9. The largest absolute Gasteiger partial charge is 0.481 e. The number of carboxylic acid groups (broad SMARTS) is 1. The van der Waals surface area contributed by atoms with Crippen molar-refractivity contribution in [1.29, 1.82) is 0 Å². The van der Waals surface area contributed by atoms with Gasteiger partial charge in [0.1, 0.15) is 0 Å². The molecule has 0 aromatic rings. The van der Waals surface area contributed by atoms with Gasteiger partial charge in [-0.25, -0.2) is 0 Å². The topological polar surface area (TPSA) is 57.6 Å². The lowest BCUT2D eigenvalue weighted by molar-refractivity contribution is -0.138. The molecule has 0 aliphatic carbocycles. The molecule has 0 unspecified atom stereocenters. The van der Waals surface area contributed by atoms with Gasteiger partial charge in [0, 0.05) is 20.0 Å². The van der Waals surface area contributed by atoms with Crippen LogP contribution in [0.2, 0.25) is 0 Å². The summed E-state index contributed by atoms with van der Waals surface area (Å²) < 4.78 is 0. The summed E-state index contributed by atoms with van der Waals surface area (Å²) in [5.74, 6) is -0.779. The zero-order valence-corrected chi connectivity index (χ0v) is 18.1. The van der Waals surface area contributed by atoms with Crippen molar-refractivity contribution < 1.29 is 14.7 Å². The highest BCUT2D eigenvalue weighted by atomic mass is 16.4. The second-order valence-corrected chi connectivity index (χ2v) is 8.01. The van der Waals surface area contributed by atoms with Gasteiger partial charge in [-0.1, -0.05) is 103 Å². The summed E-state index contributed by atoms with van der Waals surface area (Å²) in [5, 5.41) is 8.63. The van der Waals surface area contributed by atoms with E-state index in [9.17, 15) is 9.59 Å². The monoisotopic (exact) mass is 383 g/mol. The third kappa shape index (κ3) is 19.5. The van der Waals surface area contributed by atoms with Crippen LogP contribution >= 0.6 is 0 Å². The third-order valence-electron chi connectivity index (χ3n) is 5.33. The summed E-state index contributed by atoms with van der Waals surface area (Å²) in [5.41, 5.74) is 0. The van der Waals surface area contributed by atoms with Crippen molar-refractivity contribution in [3.05, 3.63) is 0 Å². The van der Waals surface area contributed by atoms with E-state index >= 15 is 0 Å². The molecule has 0 aliphatic heterocycles. The van der Waals surface area contributed by atoms with E-state index in [-0.39, 0.29) is 12.3 Å². The summed E-state index contributed by atoms with van der Waals surface area (Å²) in [6.45, 7) is 2.58. The number of unbranched alkanes of at least 4 members (excludes halogenated alkanes) is 15. The highest BCUT2D eigenvalue weighted by Crippen LogP contribution is 2.14. The Kier molecular flexibility index (Phi) is 18.9. The zero-order valence-electron chi connectivity index (χ0n) is 18.1. The first-order valence-electron chi connectivity index (χ1n) is 11.5. The van der Waals surface area contributed by atoms with Gasteiger partial charge >= 0.3 is 5.97 Å². The van der Waals surface area contributed by atoms with Crippen LogP contribution in [-0.2, 0) is 9.59 Å². The van der Waals surface area contributed by atoms with E-state index in [1.165, 1.54) is 89.9 Å². The van der Waals surface area contributed by atoms with E-state index in [1.807, 2.05) is 0 Å². The molecule has 0 spiro atoms. The molecule has 0 bridgehead atoms. The minimum absolute atomic E-state index is 0.0290. The van der Waals surface area contributed by atoms with Crippen molar-refractivity contribution in [1.82, 2.24) is 4.90 Å². The Bertz CT molecular complexity index is 358. The normalized spacial score (nSPS) is 10.9. The van der Waals surface area contributed by atoms with Crippen molar-refractivity contribution in [2.24, 2.45) is 0 Å². The second kappa shape index (κ2) is 19.7. The molecule has 0 radical (unpaired) electrons. The maximum absolute atomic E-state index is 11.8. The van der Waals surface area contributed by atoms with Gasteiger partial charge in [-0.15, -0.1) is 0 Å². The van der Waals surface area contributed by atoms with Crippen molar-refractivity contribution in [2.45, 2.75) is 122 Å². The summed E-state index contributed by atoms with van der Waals surface area (Å²) in [7, 11) is 1.69. The van der Waals surface area contributed by atoms with Crippen LogP contribution in [0.15, 0.2) is 0 Å². The maximum Gasteiger partial charge on any atom is 0.305 e. The minimum Gasteiger partial charge on any atom is -0.481 e. The fourth-order valence-corrected chi connectivity index (χ4v) is 3.40. The van der Waals surface area contributed by atoms with Crippen LogP contribution < -0.4 is 0 Å². The average molecular weight is 384 g/mol. The quantitative estimate of drug-likeness (QED) is 0.242. The molecule has 0 aliphatic rings. The average Bonchev–Trinajstić information content (AvgIpc) is 2.65. The van der Waals surface area contributed by atoms with Crippen LogP contribution in [0.5, 0.6) is 0 Å². The summed E-state index contributed by atoms with van der Waals surface area (Å²) in [6.07, 6.45) is 21.8. The van der Waals surface area contributed by atoms with E-state index in [0.717, 1.165) is 12.8 Å². The number of amides is 1. The number of carbonyl (C=O) groups is 2. The molecular formula is C23H45NO3. The van der Waals surface area contributed by atoms with E-state index in [0.29, 0.717) is 13.0 Å². The molecule has 1 N–H and O–H groups in total. The fraction of sp³-hybridized carbons (Fsp3) is 0.913. The number of nitrogens with zero attached hydrogens (tertiary/aromatic N) is 1. The zero-order chi connectivity index (χ0) is 20.2. The van der Waals surface area contributed by atoms with Gasteiger partial charge in [-0.2, -0.15) is 0 Å². The molecule has 0 rings (SSSR count). The molecule has 0 atom stereocenters. The highest BCUT2D eigenvalue weighted by molar-refractivity contribution is 5.76. The van der Waals surface area contributed by atoms with Crippen molar-refractivity contribution >= 4 is 11.9 Å². The van der Waals surface area contributed by atoms with E-state index in [1.54, 1.807) is 11.9 Å². The smallest absolute Gasteiger partial charge is 0.305 e. The van der Waals surface area contributed by atoms with Gasteiger partial charge in [0.05, 0.1) is 6.42 Å². The Labute approximate surface area is 168 Å². The van der Waals surface area contributed by atoms with Crippen LogP contribution in [0.25, 0.3) is 0 Å². The highest BCUT2D eigenvalue weighted by Gasteiger charge is 2.09. The molecule has 1 amide bonds. The Balaban J connectivity index is 3.22. The fourth-order valence-electron chi connectivity index (χ4n) is 3.40. The number of aliphatic carboxylic acids is 1. The van der Waals surface area contributed by atoms with Gasteiger partial charge in [-0.05, 0) is 6.42 Å².